The van der Waals surface area contributed by atoms with Gasteiger partial charge in [-0.25, -0.2) is 0 Å². The van der Waals surface area contributed by atoms with Crippen molar-refractivity contribution in [2.75, 3.05) is 0 Å². The summed E-state index contributed by atoms with van der Waals surface area (Å²) in [6.07, 6.45) is -4.76. The number of halogens is 3. The van der Waals surface area contributed by atoms with E-state index in [-0.39, 0.29) is 11.7 Å². The Balaban J connectivity index is 1.33. The summed E-state index contributed by atoms with van der Waals surface area (Å²) in [7, 11) is 0. The maximum absolute atomic E-state index is 13.1. The number of carbonyl (C=O) groups is 1. The number of carbonyl (C=O) groups excluding carboxylic acids is 1. The van der Waals surface area contributed by atoms with E-state index in [4.69, 9.17) is 0 Å². The highest BCUT2D eigenvalue weighted by Gasteiger charge is 2.31. The molecule has 8 heteroatoms. The van der Waals surface area contributed by atoms with Gasteiger partial charge in [0.1, 0.15) is 5.75 Å². The number of alkyl halides is 3. The van der Waals surface area contributed by atoms with E-state index < -0.39 is 12.4 Å². The molecule has 0 fully saturated rings. The van der Waals surface area contributed by atoms with Crippen LogP contribution in [-0.2, 0) is 6.54 Å². The van der Waals surface area contributed by atoms with E-state index in [1.807, 2.05) is 55.5 Å². The van der Waals surface area contributed by atoms with Gasteiger partial charge in [-0.3, -0.25) is 4.79 Å². The van der Waals surface area contributed by atoms with Crippen LogP contribution in [0.3, 0.4) is 0 Å². The minimum absolute atomic E-state index is 0.280. The minimum Gasteiger partial charge on any atom is -0.406 e. The number of amides is 1. The third-order valence-electron chi connectivity index (χ3n) is 7.52. The van der Waals surface area contributed by atoms with Gasteiger partial charge in [-0.15, -0.1) is 13.2 Å². The lowest BCUT2D eigenvalue weighted by molar-refractivity contribution is -0.274. The molecule has 1 atom stereocenters. The number of nitrogens with zero attached hydrogens (tertiary/aromatic N) is 2. The molecule has 0 aliphatic heterocycles. The van der Waals surface area contributed by atoms with Crippen molar-refractivity contribution in [2.45, 2.75) is 39.7 Å². The first kappa shape index (κ1) is 28.5. The van der Waals surface area contributed by atoms with Crippen molar-refractivity contribution in [2.24, 2.45) is 0 Å². The normalized spacial score (nSPS) is 12.1. The molecule has 5 nitrogen and oxygen atoms in total. The van der Waals surface area contributed by atoms with Gasteiger partial charge in [0.2, 0.25) is 0 Å². The molecule has 0 saturated carbocycles. The second-order valence-electron chi connectivity index (χ2n) is 10.2. The van der Waals surface area contributed by atoms with E-state index in [9.17, 15) is 23.2 Å². The van der Waals surface area contributed by atoms with Gasteiger partial charge in [-0.05, 0) is 85.0 Å². The van der Waals surface area contributed by atoms with Gasteiger partial charge in [-0.1, -0.05) is 54.6 Å². The fourth-order valence-corrected chi connectivity index (χ4v) is 5.12. The first-order valence-corrected chi connectivity index (χ1v) is 13.4. The molecule has 1 heterocycles. The van der Waals surface area contributed by atoms with Crippen LogP contribution in [0.4, 0.5) is 13.2 Å². The third-order valence-corrected chi connectivity index (χ3v) is 7.52. The van der Waals surface area contributed by atoms with Crippen LogP contribution in [0.5, 0.6) is 5.75 Å². The summed E-state index contributed by atoms with van der Waals surface area (Å²) in [5, 5.41) is 13.3. The Kier molecular flexibility index (Phi) is 7.77. The van der Waals surface area contributed by atoms with Crippen LogP contribution < -0.4 is 10.1 Å². The highest BCUT2D eigenvalue weighted by atomic mass is 19.4. The van der Waals surface area contributed by atoms with E-state index in [2.05, 4.69) is 39.7 Å². The maximum Gasteiger partial charge on any atom is 0.573 e. The van der Waals surface area contributed by atoms with Crippen LogP contribution in [0.2, 0.25) is 0 Å². The molecule has 0 spiro atoms. The van der Waals surface area contributed by atoms with Crippen molar-refractivity contribution in [1.29, 1.82) is 5.26 Å². The zero-order valence-corrected chi connectivity index (χ0v) is 23.3. The van der Waals surface area contributed by atoms with Gasteiger partial charge in [0.05, 0.1) is 17.7 Å². The molecule has 5 aromatic rings. The third kappa shape index (κ3) is 6.01. The Bertz CT molecular complexity index is 1800. The summed E-state index contributed by atoms with van der Waals surface area (Å²) in [4.78, 5) is 13.1. The highest BCUT2D eigenvalue weighted by Crippen LogP contribution is 2.29. The quantitative estimate of drug-likeness (QED) is 0.215. The number of hydrogen-bond donors (Lipinski definition) is 1. The molecule has 42 heavy (non-hydrogen) atoms. The number of ether oxygens (including phenoxy) is 1. The Morgan fingerprint density at radius 3 is 2.33 bits per heavy atom. The lowest BCUT2D eigenvalue weighted by Gasteiger charge is -2.16. The van der Waals surface area contributed by atoms with Gasteiger partial charge in [-0.2, -0.15) is 5.26 Å². The first-order chi connectivity index (χ1) is 20.0. The average Bonchev–Trinajstić information content (AvgIpc) is 3.21. The van der Waals surface area contributed by atoms with E-state index in [0.717, 1.165) is 38.9 Å². The number of rotatable bonds is 7. The van der Waals surface area contributed by atoms with Crippen molar-refractivity contribution in [3.8, 4) is 22.9 Å². The average molecular weight is 568 g/mol. The largest absolute Gasteiger partial charge is 0.573 e. The Morgan fingerprint density at radius 2 is 1.67 bits per heavy atom. The SMILES string of the molecule is Cc1c(C)n(Cc2ccc(-c3ccccc3C#N)cc2)c2ccc(C(=O)NC(C)c3ccc(OC(F)(F)F)cc3)cc12. The van der Waals surface area contributed by atoms with Crippen molar-refractivity contribution in [3.05, 3.63) is 125 Å². The predicted octanol–water partition coefficient (Wildman–Crippen LogP) is 8.23. The van der Waals surface area contributed by atoms with Gasteiger partial charge < -0.3 is 14.6 Å². The first-order valence-electron chi connectivity index (χ1n) is 13.4. The van der Waals surface area contributed by atoms with Crippen molar-refractivity contribution >= 4 is 16.8 Å². The molecule has 1 amide bonds. The second kappa shape index (κ2) is 11.5. The van der Waals surface area contributed by atoms with Crippen molar-refractivity contribution < 1.29 is 22.7 Å². The molecule has 1 aromatic heterocycles. The van der Waals surface area contributed by atoms with Crippen LogP contribution in [0.25, 0.3) is 22.0 Å². The van der Waals surface area contributed by atoms with Gasteiger partial charge in [0.25, 0.3) is 5.91 Å². The zero-order chi connectivity index (χ0) is 30.0. The molecular weight excluding hydrogens is 539 g/mol. The second-order valence-corrected chi connectivity index (χ2v) is 10.2. The van der Waals surface area contributed by atoms with Crippen LogP contribution >= 0.6 is 0 Å². The lowest BCUT2D eigenvalue weighted by Crippen LogP contribution is -2.26. The summed E-state index contributed by atoms with van der Waals surface area (Å²) in [6, 6.07) is 28.6. The highest BCUT2D eigenvalue weighted by molar-refractivity contribution is 5.99. The van der Waals surface area contributed by atoms with E-state index in [0.29, 0.717) is 23.2 Å². The standard InChI is InChI=1S/C34H28F3N3O2/c1-21-23(3)40(20-24-8-10-26(11-9-24)30-7-5-4-6-28(30)19-38)32-17-14-27(18-31(21)32)33(41)39-22(2)25-12-15-29(16-13-25)42-34(35,36)37/h4-18,22H,20H2,1-3H3,(H,39,41). The Labute approximate surface area is 241 Å². The molecule has 0 aliphatic carbocycles. The van der Waals surface area contributed by atoms with Crippen molar-refractivity contribution in [3.63, 3.8) is 0 Å². The fourth-order valence-electron chi connectivity index (χ4n) is 5.12. The van der Waals surface area contributed by atoms with Gasteiger partial charge in [0, 0.05) is 28.7 Å². The summed E-state index contributed by atoms with van der Waals surface area (Å²) >= 11 is 0. The Hall–Kier alpha value is -5.03. The van der Waals surface area contributed by atoms with Gasteiger partial charge >= 0.3 is 6.36 Å². The molecular formula is C34H28F3N3O2. The molecule has 0 bridgehead atoms. The van der Waals surface area contributed by atoms with Crippen LogP contribution in [-0.4, -0.2) is 16.8 Å². The lowest BCUT2D eigenvalue weighted by atomic mass is 9.99. The molecule has 1 unspecified atom stereocenters. The number of aryl methyl sites for hydroxylation is 1. The van der Waals surface area contributed by atoms with Crippen LogP contribution in [0.1, 0.15) is 51.3 Å². The van der Waals surface area contributed by atoms with Gasteiger partial charge in [0.15, 0.2) is 0 Å². The van der Waals surface area contributed by atoms with Crippen molar-refractivity contribution in [1.82, 2.24) is 9.88 Å². The maximum atomic E-state index is 13.1. The summed E-state index contributed by atoms with van der Waals surface area (Å²) < 4.78 is 43.5. The fraction of sp³-hybridized carbons (Fsp3) is 0.176. The zero-order valence-electron chi connectivity index (χ0n) is 23.3. The van der Waals surface area contributed by atoms with Crippen LogP contribution in [0, 0.1) is 25.2 Å². The molecule has 0 aliphatic rings. The molecule has 4 aromatic carbocycles. The number of nitrogens with one attached hydrogen (secondary N) is 1. The summed E-state index contributed by atoms with van der Waals surface area (Å²) in [6.45, 7) is 6.50. The number of fused-ring (bicyclic) bond motifs is 1. The topological polar surface area (TPSA) is 67.0 Å². The summed E-state index contributed by atoms with van der Waals surface area (Å²) in [5.41, 5.74) is 7.95. The molecule has 0 saturated heterocycles. The molecule has 0 radical (unpaired) electrons. The van der Waals surface area contributed by atoms with E-state index in [1.54, 1.807) is 13.0 Å². The predicted molar refractivity (Wildman–Crippen MR) is 156 cm³/mol. The molecule has 5 rings (SSSR count). The minimum atomic E-state index is -4.76. The number of hydrogen-bond acceptors (Lipinski definition) is 3. The smallest absolute Gasteiger partial charge is 0.406 e. The number of aromatic nitrogens is 1. The van der Waals surface area contributed by atoms with Crippen LogP contribution in [0.15, 0.2) is 91.0 Å². The van der Waals surface area contributed by atoms with E-state index in [1.165, 1.54) is 24.3 Å². The summed E-state index contributed by atoms with van der Waals surface area (Å²) in [5.74, 6) is -0.594. The molecule has 212 valence electrons. The van der Waals surface area contributed by atoms with E-state index >= 15 is 0 Å². The molecule has 1 N–H and O–H groups in total. The number of nitriles is 1. The monoisotopic (exact) mass is 567 g/mol. The Morgan fingerprint density at radius 1 is 0.976 bits per heavy atom. The number of benzene rings is 4.